The van der Waals surface area contributed by atoms with E-state index in [1.165, 1.54) is 32.1 Å². The predicted octanol–water partition coefficient (Wildman–Crippen LogP) is 4.47. The van der Waals surface area contributed by atoms with Crippen molar-refractivity contribution in [1.82, 2.24) is 16.0 Å². The van der Waals surface area contributed by atoms with E-state index >= 15 is 0 Å². The van der Waals surface area contributed by atoms with Gasteiger partial charge in [0.05, 0.1) is 6.04 Å². The van der Waals surface area contributed by atoms with Gasteiger partial charge in [0.15, 0.2) is 0 Å². The minimum Gasteiger partial charge on any atom is -0.465 e. The first-order valence-electron chi connectivity index (χ1n) is 12.2. The van der Waals surface area contributed by atoms with Crippen LogP contribution in [0.1, 0.15) is 76.7 Å². The number of hydrogen-bond donors (Lipinski definition) is 4. The third-order valence-corrected chi connectivity index (χ3v) is 5.31. The molecule has 0 aliphatic rings. The highest BCUT2D eigenvalue weighted by Crippen LogP contribution is 2.06. The largest absolute Gasteiger partial charge is 0.465 e. The van der Waals surface area contributed by atoms with Gasteiger partial charge in [-0.3, -0.25) is 4.79 Å². The number of carbonyl (C=O) groups is 2. The molecule has 4 N–H and O–H groups in total. The number of ether oxygens (including phenoxy) is 1. The molecule has 0 fully saturated rings. The van der Waals surface area contributed by atoms with Crippen LogP contribution in [0.5, 0.6) is 0 Å². The number of nitrogens with one attached hydrogen (secondary N) is 3. The van der Waals surface area contributed by atoms with Crippen LogP contribution in [0.2, 0.25) is 0 Å². The summed E-state index contributed by atoms with van der Waals surface area (Å²) in [5, 5.41) is 17.4. The molecular weight excluding hydrogens is 406 g/mol. The van der Waals surface area contributed by atoms with Crippen molar-refractivity contribution in [3.05, 3.63) is 35.9 Å². The number of rotatable bonds is 20. The second-order valence-electron chi connectivity index (χ2n) is 8.17. The van der Waals surface area contributed by atoms with Gasteiger partial charge in [-0.15, -0.1) is 0 Å². The van der Waals surface area contributed by atoms with Crippen LogP contribution in [0, 0.1) is 0 Å². The lowest BCUT2D eigenvalue weighted by Crippen LogP contribution is -2.44. The fraction of sp³-hybridized carbons (Fsp3) is 0.680. The SMILES string of the molecule is CCCCCCCCOCCCNC(=O)C(CCCCNC(=O)O)NCc1ccccc1. The molecule has 7 nitrogen and oxygen atoms in total. The van der Waals surface area contributed by atoms with Crippen LogP contribution in [0.4, 0.5) is 4.79 Å². The van der Waals surface area contributed by atoms with Gasteiger partial charge in [-0.25, -0.2) is 4.79 Å². The van der Waals surface area contributed by atoms with Crippen LogP contribution in [-0.4, -0.2) is 49.5 Å². The summed E-state index contributed by atoms with van der Waals surface area (Å²) in [5.41, 5.74) is 1.13. The minimum atomic E-state index is -1.01. The Hall–Kier alpha value is -2.12. The van der Waals surface area contributed by atoms with Crippen molar-refractivity contribution in [3.63, 3.8) is 0 Å². The summed E-state index contributed by atoms with van der Waals surface area (Å²) >= 11 is 0. The first-order valence-corrected chi connectivity index (χ1v) is 12.2. The Labute approximate surface area is 193 Å². The topological polar surface area (TPSA) is 99.7 Å². The van der Waals surface area contributed by atoms with E-state index in [1.54, 1.807) is 0 Å². The summed E-state index contributed by atoms with van der Waals surface area (Å²) in [5.74, 6) is -0.0111. The van der Waals surface area contributed by atoms with Crippen LogP contribution in [-0.2, 0) is 16.1 Å². The van der Waals surface area contributed by atoms with E-state index in [-0.39, 0.29) is 11.9 Å². The van der Waals surface area contributed by atoms with Crippen molar-refractivity contribution in [2.75, 3.05) is 26.3 Å². The zero-order valence-corrected chi connectivity index (χ0v) is 19.7. The van der Waals surface area contributed by atoms with Crippen molar-refractivity contribution >= 4 is 12.0 Å². The lowest BCUT2D eigenvalue weighted by atomic mass is 10.1. The van der Waals surface area contributed by atoms with Gasteiger partial charge in [0.2, 0.25) is 5.91 Å². The number of hydrogen-bond acceptors (Lipinski definition) is 4. The normalized spacial score (nSPS) is 11.8. The molecule has 1 unspecified atom stereocenters. The molecule has 0 aliphatic carbocycles. The highest BCUT2D eigenvalue weighted by atomic mass is 16.5. The summed E-state index contributed by atoms with van der Waals surface area (Å²) in [6.07, 6.45) is 9.45. The zero-order chi connectivity index (χ0) is 23.3. The van der Waals surface area contributed by atoms with Gasteiger partial charge in [-0.05, 0) is 37.7 Å². The van der Waals surface area contributed by atoms with E-state index in [1.807, 2.05) is 30.3 Å². The Kier molecular flexibility index (Phi) is 17.1. The molecule has 1 rings (SSSR count). The van der Waals surface area contributed by atoms with Gasteiger partial charge >= 0.3 is 6.09 Å². The quantitative estimate of drug-likeness (QED) is 0.220. The molecule has 0 saturated heterocycles. The van der Waals surface area contributed by atoms with Crippen molar-refractivity contribution < 1.29 is 19.4 Å². The standard InChI is InChI=1S/C25H43N3O4/c1-2-3-4-5-6-12-19-32-20-13-18-26-24(29)23(16-10-11-17-27-25(30)31)28-21-22-14-8-7-9-15-22/h7-9,14-15,23,27-28H,2-6,10-13,16-21H2,1H3,(H,26,29)(H,30,31). The number of benzene rings is 1. The Balaban J connectivity index is 2.23. The Morgan fingerprint density at radius 1 is 0.875 bits per heavy atom. The maximum absolute atomic E-state index is 12.7. The molecule has 0 aromatic heterocycles. The van der Waals surface area contributed by atoms with Crippen molar-refractivity contribution in [3.8, 4) is 0 Å². The fourth-order valence-electron chi connectivity index (χ4n) is 3.43. The molecule has 1 aromatic rings. The van der Waals surface area contributed by atoms with E-state index in [9.17, 15) is 9.59 Å². The number of carboxylic acid groups (broad SMARTS) is 1. The second-order valence-corrected chi connectivity index (χ2v) is 8.17. The smallest absolute Gasteiger partial charge is 0.404 e. The van der Waals surface area contributed by atoms with Crippen LogP contribution in [0.25, 0.3) is 0 Å². The van der Waals surface area contributed by atoms with Gasteiger partial charge in [-0.2, -0.15) is 0 Å². The maximum atomic E-state index is 12.7. The monoisotopic (exact) mass is 449 g/mol. The lowest BCUT2D eigenvalue weighted by Gasteiger charge is -2.19. The molecule has 0 aliphatic heterocycles. The average Bonchev–Trinajstić information content (AvgIpc) is 2.79. The molecule has 0 bridgehead atoms. The molecule has 182 valence electrons. The molecule has 32 heavy (non-hydrogen) atoms. The van der Waals surface area contributed by atoms with Gasteiger partial charge < -0.3 is 25.8 Å². The number of carbonyl (C=O) groups excluding carboxylic acids is 1. The maximum Gasteiger partial charge on any atom is 0.404 e. The van der Waals surface area contributed by atoms with E-state index in [2.05, 4.69) is 22.9 Å². The molecule has 0 saturated carbocycles. The average molecular weight is 450 g/mol. The molecule has 1 atom stereocenters. The van der Waals surface area contributed by atoms with E-state index in [0.717, 1.165) is 31.4 Å². The van der Waals surface area contributed by atoms with Crippen molar-refractivity contribution in [2.24, 2.45) is 0 Å². The molecule has 0 spiro atoms. The van der Waals surface area contributed by atoms with Crippen molar-refractivity contribution in [2.45, 2.75) is 83.7 Å². The van der Waals surface area contributed by atoms with Gasteiger partial charge in [0.25, 0.3) is 0 Å². The highest BCUT2D eigenvalue weighted by molar-refractivity contribution is 5.81. The van der Waals surface area contributed by atoms with E-state index < -0.39 is 6.09 Å². The molecule has 7 heteroatoms. The summed E-state index contributed by atoms with van der Waals surface area (Å²) in [6.45, 7) is 5.30. The summed E-state index contributed by atoms with van der Waals surface area (Å²) < 4.78 is 5.68. The molecule has 2 amide bonds. The van der Waals surface area contributed by atoms with Crippen LogP contribution in [0.15, 0.2) is 30.3 Å². The lowest BCUT2D eigenvalue weighted by molar-refractivity contribution is -0.123. The zero-order valence-electron chi connectivity index (χ0n) is 19.7. The molecule has 1 aromatic carbocycles. The fourth-order valence-corrected chi connectivity index (χ4v) is 3.43. The molecule has 0 radical (unpaired) electrons. The number of amides is 2. The Morgan fingerprint density at radius 2 is 1.56 bits per heavy atom. The van der Waals surface area contributed by atoms with Crippen LogP contribution < -0.4 is 16.0 Å². The van der Waals surface area contributed by atoms with E-state index in [4.69, 9.17) is 9.84 Å². The van der Waals surface area contributed by atoms with E-state index in [0.29, 0.717) is 39.1 Å². The summed E-state index contributed by atoms with van der Waals surface area (Å²) in [6, 6.07) is 9.69. The van der Waals surface area contributed by atoms with Crippen LogP contribution in [0.3, 0.4) is 0 Å². The second kappa shape index (κ2) is 19.6. The first kappa shape index (κ1) is 27.9. The number of unbranched alkanes of at least 4 members (excludes halogenated alkanes) is 6. The van der Waals surface area contributed by atoms with Crippen LogP contribution >= 0.6 is 0 Å². The summed E-state index contributed by atoms with van der Waals surface area (Å²) in [4.78, 5) is 23.2. The predicted molar refractivity (Wildman–Crippen MR) is 129 cm³/mol. The third kappa shape index (κ3) is 15.6. The highest BCUT2D eigenvalue weighted by Gasteiger charge is 2.17. The van der Waals surface area contributed by atoms with Crippen molar-refractivity contribution in [1.29, 1.82) is 0 Å². The Morgan fingerprint density at radius 3 is 2.31 bits per heavy atom. The first-order chi connectivity index (χ1) is 15.6. The van der Waals surface area contributed by atoms with Gasteiger partial charge in [0.1, 0.15) is 0 Å². The summed E-state index contributed by atoms with van der Waals surface area (Å²) in [7, 11) is 0. The van der Waals surface area contributed by atoms with Gasteiger partial charge in [-0.1, -0.05) is 69.4 Å². The third-order valence-electron chi connectivity index (χ3n) is 5.31. The Bertz CT molecular complexity index is 598. The molecular formula is C25H43N3O4. The van der Waals surface area contributed by atoms with Gasteiger partial charge in [0, 0.05) is 32.8 Å². The molecule has 0 heterocycles. The minimum absolute atomic E-state index is 0.0111.